The zero-order valence-electron chi connectivity index (χ0n) is 15.2. The second kappa shape index (κ2) is 7.87. The first kappa shape index (κ1) is 17.7. The topological polar surface area (TPSA) is 81.8 Å². The van der Waals surface area contributed by atoms with Crippen molar-refractivity contribution < 1.29 is 4.79 Å². The molecule has 0 aliphatic rings. The van der Waals surface area contributed by atoms with Gasteiger partial charge < -0.3 is 9.88 Å². The second-order valence-corrected chi connectivity index (χ2v) is 6.53. The number of fused-ring (bicyclic) bond motifs is 1. The van der Waals surface area contributed by atoms with Gasteiger partial charge in [-0.25, -0.2) is 9.67 Å². The molecule has 1 N–H and O–H groups in total. The van der Waals surface area contributed by atoms with Crippen molar-refractivity contribution in [2.45, 2.75) is 19.6 Å². The summed E-state index contributed by atoms with van der Waals surface area (Å²) in [6.45, 7) is 0.996. The molecule has 28 heavy (non-hydrogen) atoms. The summed E-state index contributed by atoms with van der Waals surface area (Å²) >= 11 is 0. The molecule has 0 aliphatic heterocycles. The number of hydrogen-bond acceptors (Lipinski definition) is 4. The summed E-state index contributed by atoms with van der Waals surface area (Å²) in [7, 11) is 0. The highest BCUT2D eigenvalue weighted by molar-refractivity contribution is 5.81. The normalized spacial score (nSPS) is 10.9. The molecule has 0 saturated heterocycles. The van der Waals surface area contributed by atoms with Crippen LogP contribution in [0.25, 0.3) is 10.8 Å². The van der Waals surface area contributed by atoms with Crippen LogP contribution in [0.2, 0.25) is 0 Å². The summed E-state index contributed by atoms with van der Waals surface area (Å²) in [5.41, 5.74) is 1.84. The SMILES string of the molecule is O=C(Cn1ncc2ccccc2c1=O)NCc1cccc(Cn2ccnc2)c1. The number of nitrogens with one attached hydrogen (secondary N) is 1. The van der Waals surface area contributed by atoms with Gasteiger partial charge in [0, 0.05) is 30.9 Å². The Balaban J connectivity index is 1.40. The van der Waals surface area contributed by atoms with Crippen LogP contribution in [0.5, 0.6) is 0 Å². The Labute approximate surface area is 161 Å². The largest absolute Gasteiger partial charge is 0.350 e. The van der Waals surface area contributed by atoms with Crippen molar-refractivity contribution in [2.75, 3.05) is 0 Å². The maximum absolute atomic E-state index is 12.4. The molecular weight excluding hydrogens is 354 g/mol. The van der Waals surface area contributed by atoms with E-state index in [-0.39, 0.29) is 18.0 Å². The van der Waals surface area contributed by atoms with E-state index < -0.39 is 0 Å². The van der Waals surface area contributed by atoms with Crippen molar-refractivity contribution >= 4 is 16.7 Å². The van der Waals surface area contributed by atoms with Crippen LogP contribution in [0.4, 0.5) is 0 Å². The van der Waals surface area contributed by atoms with Crippen LogP contribution in [-0.4, -0.2) is 25.2 Å². The number of hydrogen-bond donors (Lipinski definition) is 1. The van der Waals surface area contributed by atoms with Gasteiger partial charge in [0.1, 0.15) is 6.54 Å². The van der Waals surface area contributed by atoms with Crippen LogP contribution in [0.3, 0.4) is 0 Å². The van der Waals surface area contributed by atoms with Crippen molar-refractivity contribution in [1.29, 1.82) is 0 Å². The van der Waals surface area contributed by atoms with E-state index in [4.69, 9.17) is 0 Å². The first-order valence-corrected chi connectivity index (χ1v) is 8.94. The van der Waals surface area contributed by atoms with Gasteiger partial charge in [-0.2, -0.15) is 5.10 Å². The van der Waals surface area contributed by atoms with E-state index in [0.717, 1.165) is 23.1 Å². The maximum atomic E-state index is 12.4. The van der Waals surface area contributed by atoms with Crippen molar-refractivity contribution in [3.63, 3.8) is 0 Å². The minimum Gasteiger partial charge on any atom is -0.350 e. The monoisotopic (exact) mass is 373 g/mol. The van der Waals surface area contributed by atoms with Crippen molar-refractivity contribution in [3.8, 4) is 0 Å². The molecule has 1 amide bonds. The molecule has 0 spiro atoms. The Hall–Kier alpha value is -3.74. The molecule has 7 heteroatoms. The van der Waals surface area contributed by atoms with E-state index in [1.807, 2.05) is 47.2 Å². The fraction of sp³-hybridized carbons (Fsp3) is 0.143. The minimum atomic E-state index is -0.268. The fourth-order valence-electron chi connectivity index (χ4n) is 3.06. The van der Waals surface area contributed by atoms with E-state index in [2.05, 4.69) is 15.4 Å². The predicted molar refractivity (Wildman–Crippen MR) is 106 cm³/mol. The van der Waals surface area contributed by atoms with Crippen LogP contribution in [-0.2, 0) is 24.4 Å². The van der Waals surface area contributed by atoms with Crippen LogP contribution < -0.4 is 10.9 Å². The van der Waals surface area contributed by atoms with Gasteiger partial charge in [-0.1, -0.05) is 42.5 Å². The molecular formula is C21H19N5O2. The molecule has 2 heterocycles. The van der Waals surface area contributed by atoms with Crippen molar-refractivity contribution in [3.05, 3.63) is 94.9 Å². The summed E-state index contributed by atoms with van der Waals surface area (Å²) in [6, 6.07) is 15.2. The third-order valence-electron chi connectivity index (χ3n) is 4.46. The van der Waals surface area contributed by atoms with Gasteiger partial charge in [-0.15, -0.1) is 0 Å². The van der Waals surface area contributed by atoms with Crippen molar-refractivity contribution in [2.24, 2.45) is 0 Å². The maximum Gasteiger partial charge on any atom is 0.275 e. The number of carbonyl (C=O) groups is 1. The summed E-state index contributed by atoms with van der Waals surface area (Å²) in [6.07, 6.45) is 7.02. The molecule has 2 aromatic heterocycles. The molecule has 0 saturated carbocycles. The molecule has 0 bridgehead atoms. The fourth-order valence-corrected chi connectivity index (χ4v) is 3.06. The Morgan fingerprint density at radius 2 is 1.93 bits per heavy atom. The average molecular weight is 373 g/mol. The molecule has 4 aromatic rings. The summed E-state index contributed by atoms with van der Waals surface area (Å²) in [4.78, 5) is 28.8. The number of benzene rings is 2. The lowest BCUT2D eigenvalue weighted by Crippen LogP contribution is -2.33. The van der Waals surface area contributed by atoms with Gasteiger partial charge in [0.2, 0.25) is 5.91 Å². The molecule has 0 aliphatic carbocycles. The van der Waals surface area contributed by atoms with E-state index in [0.29, 0.717) is 11.9 Å². The Kier molecular flexibility index (Phi) is 4.97. The van der Waals surface area contributed by atoms with Crippen LogP contribution in [0.1, 0.15) is 11.1 Å². The Morgan fingerprint density at radius 1 is 1.07 bits per heavy atom. The Morgan fingerprint density at radius 3 is 2.79 bits per heavy atom. The van der Waals surface area contributed by atoms with Gasteiger partial charge in [-0.3, -0.25) is 9.59 Å². The lowest BCUT2D eigenvalue weighted by atomic mass is 10.1. The van der Waals surface area contributed by atoms with E-state index in [1.54, 1.807) is 30.9 Å². The summed E-state index contributed by atoms with van der Waals surface area (Å²) < 4.78 is 3.17. The molecule has 0 fully saturated rings. The molecule has 7 nitrogen and oxygen atoms in total. The predicted octanol–water partition coefficient (Wildman–Crippen LogP) is 1.96. The van der Waals surface area contributed by atoms with E-state index in [1.165, 1.54) is 4.68 Å². The third kappa shape index (κ3) is 3.98. The minimum absolute atomic E-state index is 0.113. The first-order valence-electron chi connectivity index (χ1n) is 8.94. The zero-order chi connectivity index (χ0) is 19.3. The number of nitrogens with zero attached hydrogens (tertiary/aromatic N) is 4. The molecule has 0 atom stereocenters. The third-order valence-corrected chi connectivity index (χ3v) is 4.46. The quantitative estimate of drug-likeness (QED) is 0.560. The van der Waals surface area contributed by atoms with Gasteiger partial charge in [-0.05, 0) is 17.2 Å². The number of aromatic nitrogens is 4. The molecule has 0 unspecified atom stereocenters. The lowest BCUT2D eigenvalue weighted by molar-refractivity contribution is -0.122. The molecule has 140 valence electrons. The van der Waals surface area contributed by atoms with Crippen molar-refractivity contribution in [1.82, 2.24) is 24.6 Å². The highest BCUT2D eigenvalue weighted by atomic mass is 16.2. The highest BCUT2D eigenvalue weighted by Crippen LogP contribution is 2.08. The van der Waals surface area contributed by atoms with Gasteiger partial charge >= 0.3 is 0 Å². The standard InChI is InChI=1S/C21H19N5O2/c27-20(14-26-21(28)19-7-2-1-6-18(19)12-24-26)23-11-16-4-3-5-17(10-16)13-25-9-8-22-15-25/h1-10,12,15H,11,13-14H2,(H,23,27). The van der Waals surface area contributed by atoms with Gasteiger partial charge in [0.25, 0.3) is 5.56 Å². The average Bonchev–Trinajstić information content (AvgIpc) is 3.22. The van der Waals surface area contributed by atoms with E-state index in [9.17, 15) is 9.59 Å². The summed E-state index contributed by atoms with van der Waals surface area (Å²) in [5.74, 6) is -0.259. The molecule has 4 rings (SSSR count). The summed E-state index contributed by atoms with van der Waals surface area (Å²) in [5, 5.41) is 8.26. The Bertz CT molecular complexity index is 1160. The van der Waals surface area contributed by atoms with Crippen LogP contribution >= 0.6 is 0 Å². The van der Waals surface area contributed by atoms with E-state index >= 15 is 0 Å². The van der Waals surface area contributed by atoms with Gasteiger partial charge in [0.15, 0.2) is 0 Å². The highest BCUT2D eigenvalue weighted by Gasteiger charge is 2.08. The number of rotatable bonds is 6. The smallest absolute Gasteiger partial charge is 0.275 e. The number of carbonyl (C=O) groups excluding carboxylic acids is 1. The van der Waals surface area contributed by atoms with Gasteiger partial charge in [0.05, 0.1) is 17.9 Å². The molecule has 0 radical (unpaired) electrons. The molecule has 2 aromatic carbocycles. The first-order chi connectivity index (χ1) is 13.7. The lowest BCUT2D eigenvalue weighted by Gasteiger charge is -2.09. The second-order valence-electron chi connectivity index (χ2n) is 6.53. The number of imidazole rings is 1. The van der Waals surface area contributed by atoms with Crippen LogP contribution in [0.15, 0.2) is 78.2 Å². The number of amides is 1. The van der Waals surface area contributed by atoms with Crippen LogP contribution in [0, 0.1) is 0 Å². The zero-order valence-corrected chi connectivity index (χ0v) is 15.2.